The predicted octanol–water partition coefficient (Wildman–Crippen LogP) is 4.72. The van der Waals surface area contributed by atoms with E-state index in [4.69, 9.17) is 0 Å². The van der Waals surface area contributed by atoms with Crippen LogP contribution in [-0.4, -0.2) is 20.9 Å². The van der Waals surface area contributed by atoms with Gasteiger partial charge in [0.15, 0.2) is 6.23 Å². The number of halogens is 3. The highest BCUT2D eigenvalue weighted by atomic mass is 19.4. The van der Waals surface area contributed by atoms with Crippen LogP contribution in [-0.2, 0) is 12.7 Å². The number of benzene rings is 2. The number of hydrogen-bond donors (Lipinski definition) is 1. The molecule has 1 unspecified atom stereocenters. The van der Waals surface area contributed by atoms with Crippen LogP contribution in [0.4, 0.5) is 13.2 Å². The summed E-state index contributed by atoms with van der Waals surface area (Å²) in [5, 5.41) is 10.5. The summed E-state index contributed by atoms with van der Waals surface area (Å²) in [6.07, 6.45) is -3.84. The van der Waals surface area contributed by atoms with Crippen molar-refractivity contribution in [2.24, 2.45) is 0 Å². The number of aryl methyl sites for hydroxylation is 1. The number of hydrogen-bond acceptors (Lipinski definition) is 3. The fourth-order valence-electron chi connectivity index (χ4n) is 3.50. The Morgan fingerprint density at radius 3 is 2.41 bits per heavy atom. The maximum Gasteiger partial charge on any atom is 0.416 e. The number of aliphatic hydroxyl groups is 1. The van der Waals surface area contributed by atoms with E-state index in [0.29, 0.717) is 33.5 Å². The number of alkyl halides is 3. The van der Waals surface area contributed by atoms with Crippen LogP contribution < -0.4 is 0 Å². The molecule has 1 atom stereocenters. The molecule has 1 aliphatic rings. The lowest BCUT2D eigenvalue weighted by Crippen LogP contribution is -2.27. The zero-order valence-electron chi connectivity index (χ0n) is 15.4. The van der Waals surface area contributed by atoms with Gasteiger partial charge in [-0.05, 0) is 42.3 Å². The topological polar surface area (TPSA) is 53.4 Å². The molecule has 29 heavy (non-hydrogen) atoms. The molecule has 3 aromatic rings. The number of pyridine rings is 1. The van der Waals surface area contributed by atoms with Gasteiger partial charge in [0, 0.05) is 28.6 Å². The lowest BCUT2D eigenvalue weighted by molar-refractivity contribution is -0.137. The number of amides is 1. The average Bonchev–Trinajstić information content (AvgIpc) is 2.94. The fraction of sp³-hybridized carbons (Fsp3) is 0.182. The van der Waals surface area contributed by atoms with E-state index in [9.17, 15) is 23.1 Å². The van der Waals surface area contributed by atoms with Gasteiger partial charge in [0.2, 0.25) is 0 Å². The molecular weight excluding hydrogens is 381 g/mol. The van der Waals surface area contributed by atoms with E-state index in [1.165, 1.54) is 17.0 Å². The van der Waals surface area contributed by atoms with Gasteiger partial charge in [0.1, 0.15) is 0 Å². The molecule has 0 bridgehead atoms. The Bertz CT molecular complexity index is 1080. The van der Waals surface area contributed by atoms with Crippen molar-refractivity contribution in [2.75, 3.05) is 0 Å². The van der Waals surface area contributed by atoms with Crippen molar-refractivity contribution in [1.29, 1.82) is 0 Å². The summed E-state index contributed by atoms with van der Waals surface area (Å²) in [6, 6.07) is 13.5. The van der Waals surface area contributed by atoms with Gasteiger partial charge in [-0.2, -0.15) is 13.2 Å². The number of carbonyl (C=O) groups is 1. The summed E-state index contributed by atoms with van der Waals surface area (Å²) < 4.78 is 38.4. The molecule has 1 aromatic heterocycles. The van der Waals surface area contributed by atoms with Gasteiger partial charge in [-0.15, -0.1) is 0 Å². The number of aliphatic hydroxyl groups excluding tert-OH is 1. The Morgan fingerprint density at radius 2 is 1.76 bits per heavy atom. The van der Waals surface area contributed by atoms with Gasteiger partial charge in [0.25, 0.3) is 5.91 Å². The van der Waals surface area contributed by atoms with Gasteiger partial charge >= 0.3 is 6.18 Å². The first kappa shape index (κ1) is 19.1. The molecule has 0 fully saturated rings. The van der Waals surface area contributed by atoms with E-state index in [1.807, 2.05) is 0 Å². The van der Waals surface area contributed by atoms with Crippen LogP contribution in [0.1, 0.15) is 39.0 Å². The Morgan fingerprint density at radius 1 is 1.07 bits per heavy atom. The monoisotopic (exact) mass is 398 g/mol. The SMILES string of the molecule is Cc1ncc(CN2C(=O)c3ccccc3C2O)cc1-c1ccc(C(F)(F)F)cc1. The third-order valence-electron chi connectivity index (χ3n) is 5.05. The molecule has 0 radical (unpaired) electrons. The number of aromatic nitrogens is 1. The van der Waals surface area contributed by atoms with Crippen LogP contribution in [0.2, 0.25) is 0 Å². The molecule has 0 spiro atoms. The lowest BCUT2D eigenvalue weighted by Gasteiger charge is -2.21. The van der Waals surface area contributed by atoms with Crippen LogP contribution in [0.3, 0.4) is 0 Å². The van der Waals surface area contributed by atoms with E-state index in [0.717, 1.165) is 12.1 Å². The summed E-state index contributed by atoms with van der Waals surface area (Å²) in [4.78, 5) is 18.3. The largest absolute Gasteiger partial charge is 0.416 e. The third-order valence-corrected chi connectivity index (χ3v) is 5.05. The van der Waals surface area contributed by atoms with Gasteiger partial charge < -0.3 is 10.0 Å². The molecular formula is C22H17F3N2O2. The van der Waals surface area contributed by atoms with Crippen molar-refractivity contribution >= 4 is 5.91 Å². The van der Waals surface area contributed by atoms with E-state index in [1.54, 1.807) is 43.5 Å². The second-order valence-corrected chi connectivity index (χ2v) is 6.95. The number of fused-ring (bicyclic) bond motifs is 1. The zero-order chi connectivity index (χ0) is 20.8. The van der Waals surface area contributed by atoms with Gasteiger partial charge in [-0.1, -0.05) is 30.3 Å². The van der Waals surface area contributed by atoms with E-state index in [-0.39, 0.29) is 12.5 Å². The second-order valence-electron chi connectivity index (χ2n) is 6.95. The first-order valence-corrected chi connectivity index (χ1v) is 8.97. The second kappa shape index (κ2) is 7.00. The van der Waals surface area contributed by atoms with E-state index in [2.05, 4.69) is 4.98 Å². The minimum atomic E-state index is -4.39. The molecule has 4 nitrogen and oxygen atoms in total. The maximum absolute atomic E-state index is 12.8. The van der Waals surface area contributed by atoms with Gasteiger partial charge in [-0.25, -0.2) is 0 Å². The maximum atomic E-state index is 12.8. The number of nitrogens with zero attached hydrogens (tertiary/aromatic N) is 2. The Hall–Kier alpha value is -3.19. The Kier molecular flexibility index (Phi) is 4.62. The third kappa shape index (κ3) is 3.49. The van der Waals surface area contributed by atoms with Gasteiger partial charge in [0.05, 0.1) is 12.1 Å². The van der Waals surface area contributed by atoms with Crippen molar-refractivity contribution in [3.8, 4) is 11.1 Å². The zero-order valence-corrected chi connectivity index (χ0v) is 15.4. The van der Waals surface area contributed by atoms with Crippen molar-refractivity contribution in [1.82, 2.24) is 9.88 Å². The highest BCUT2D eigenvalue weighted by molar-refractivity contribution is 5.98. The van der Waals surface area contributed by atoms with Crippen LogP contribution in [0, 0.1) is 6.92 Å². The molecule has 0 aliphatic carbocycles. The van der Waals surface area contributed by atoms with Crippen molar-refractivity contribution < 1.29 is 23.1 Å². The Labute approximate surface area is 165 Å². The highest BCUT2D eigenvalue weighted by Gasteiger charge is 2.35. The number of rotatable bonds is 3. The van der Waals surface area contributed by atoms with Crippen molar-refractivity contribution in [2.45, 2.75) is 25.9 Å². The molecule has 148 valence electrons. The summed E-state index contributed by atoms with van der Waals surface area (Å²) in [6.45, 7) is 1.90. The molecule has 2 heterocycles. The van der Waals surface area contributed by atoms with E-state index < -0.39 is 18.0 Å². The minimum Gasteiger partial charge on any atom is -0.369 e. The summed E-state index contributed by atoms with van der Waals surface area (Å²) >= 11 is 0. The molecule has 1 aliphatic heterocycles. The van der Waals surface area contributed by atoms with Gasteiger partial charge in [-0.3, -0.25) is 9.78 Å². The van der Waals surface area contributed by atoms with Crippen LogP contribution in [0.25, 0.3) is 11.1 Å². The van der Waals surface area contributed by atoms with Crippen molar-refractivity contribution in [3.05, 3.63) is 88.7 Å². The normalized spacial score (nSPS) is 16.2. The minimum absolute atomic E-state index is 0.135. The molecule has 1 N–H and O–H groups in total. The summed E-state index contributed by atoms with van der Waals surface area (Å²) in [7, 11) is 0. The average molecular weight is 398 g/mol. The quantitative estimate of drug-likeness (QED) is 0.695. The first-order valence-electron chi connectivity index (χ1n) is 8.97. The van der Waals surface area contributed by atoms with E-state index >= 15 is 0 Å². The summed E-state index contributed by atoms with van der Waals surface area (Å²) in [5.74, 6) is -0.273. The first-order chi connectivity index (χ1) is 13.8. The molecule has 0 saturated carbocycles. The standard InChI is InChI=1S/C22H17F3N2O2/c1-13-19(15-6-8-16(9-7-15)22(23,24)25)10-14(11-26-13)12-27-20(28)17-4-2-3-5-18(17)21(27)29/h2-11,20,28H,12H2,1H3. The van der Waals surface area contributed by atoms with Crippen molar-refractivity contribution in [3.63, 3.8) is 0 Å². The molecule has 0 saturated heterocycles. The lowest BCUT2D eigenvalue weighted by atomic mass is 10.0. The van der Waals surface area contributed by atoms with Crippen LogP contribution in [0.5, 0.6) is 0 Å². The molecule has 7 heteroatoms. The molecule has 4 rings (SSSR count). The van der Waals surface area contributed by atoms with Crippen LogP contribution >= 0.6 is 0 Å². The molecule has 1 amide bonds. The summed E-state index contributed by atoms with van der Waals surface area (Å²) in [5.41, 5.74) is 2.90. The fourth-order valence-corrected chi connectivity index (χ4v) is 3.50. The predicted molar refractivity (Wildman–Crippen MR) is 101 cm³/mol. The smallest absolute Gasteiger partial charge is 0.369 e. The molecule has 2 aromatic carbocycles. The highest BCUT2D eigenvalue weighted by Crippen LogP contribution is 2.34. The Balaban J connectivity index is 1.62. The van der Waals surface area contributed by atoms with Crippen LogP contribution in [0.15, 0.2) is 60.8 Å². The number of carbonyl (C=O) groups excluding carboxylic acids is 1.